The van der Waals surface area contributed by atoms with Gasteiger partial charge >= 0.3 is 0 Å². The normalized spacial score (nSPS) is 13.1. The first-order valence-corrected chi connectivity index (χ1v) is 7.31. The third-order valence-electron chi connectivity index (χ3n) is 2.98. The molecular weight excluding hydrogens is 252 g/mol. The van der Waals surface area contributed by atoms with Crippen LogP contribution in [0.3, 0.4) is 0 Å². The van der Waals surface area contributed by atoms with Gasteiger partial charge in [-0.25, -0.2) is 9.97 Å². The van der Waals surface area contributed by atoms with E-state index in [1.54, 1.807) is 6.33 Å². The van der Waals surface area contributed by atoms with E-state index in [1.165, 1.54) is 0 Å². The van der Waals surface area contributed by atoms with Gasteiger partial charge in [0.05, 0.1) is 6.10 Å². The van der Waals surface area contributed by atoms with Gasteiger partial charge in [-0.1, -0.05) is 27.7 Å². The minimum atomic E-state index is -0.378. The topological polar surface area (TPSA) is 70.1 Å². The molecule has 0 saturated heterocycles. The number of hydrogen-bond donors (Lipinski definition) is 3. The summed E-state index contributed by atoms with van der Waals surface area (Å²) in [6.07, 6.45) is 2.97. The van der Waals surface area contributed by atoms with E-state index in [9.17, 15) is 5.11 Å². The van der Waals surface area contributed by atoms with Crippen molar-refractivity contribution in [3.8, 4) is 0 Å². The summed E-state index contributed by atoms with van der Waals surface area (Å²) in [6, 6.07) is 0. The second-order valence-electron chi connectivity index (χ2n) is 6.42. The van der Waals surface area contributed by atoms with E-state index in [2.05, 4.69) is 48.3 Å². The Balaban J connectivity index is 2.59. The van der Waals surface area contributed by atoms with Crippen LogP contribution in [0.2, 0.25) is 0 Å². The van der Waals surface area contributed by atoms with Crippen molar-refractivity contribution in [1.82, 2.24) is 9.97 Å². The summed E-state index contributed by atoms with van der Waals surface area (Å²) in [4.78, 5) is 8.48. The van der Waals surface area contributed by atoms with Crippen molar-refractivity contribution in [3.63, 3.8) is 0 Å². The number of aliphatic hydroxyl groups is 1. The van der Waals surface area contributed by atoms with Gasteiger partial charge in [-0.05, 0) is 25.2 Å². The molecule has 20 heavy (non-hydrogen) atoms. The van der Waals surface area contributed by atoms with Gasteiger partial charge < -0.3 is 15.7 Å². The maximum absolute atomic E-state index is 10.0. The largest absolute Gasteiger partial charge is 0.391 e. The van der Waals surface area contributed by atoms with E-state index in [0.717, 1.165) is 36.6 Å². The van der Waals surface area contributed by atoms with Gasteiger partial charge in [0.2, 0.25) is 0 Å². The lowest BCUT2D eigenvalue weighted by atomic mass is 9.89. The molecule has 0 amide bonds. The number of nitrogens with zero attached hydrogens (tertiary/aromatic N) is 2. The van der Waals surface area contributed by atoms with E-state index in [1.807, 2.05) is 6.92 Å². The van der Waals surface area contributed by atoms with Gasteiger partial charge in [-0.3, -0.25) is 0 Å². The fourth-order valence-corrected chi connectivity index (χ4v) is 2.04. The van der Waals surface area contributed by atoms with Crippen LogP contribution in [-0.2, 0) is 0 Å². The third kappa shape index (κ3) is 5.74. The molecule has 0 saturated carbocycles. The molecule has 3 N–H and O–H groups in total. The molecule has 114 valence electrons. The fourth-order valence-electron chi connectivity index (χ4n) is 2.04. The Bertz CT molecular complexity index is 415. The van der Waals surface area contributed by atoms with Crippen LogP contribution in [0.1, 0.15) is 46.1 Å². The van der Waals surface area contributed by atoms with Crippen molar-refractivity contribution in [2.45, 2.75) is 53.6 Å². The first kappa shape index (κ1) is 16.7. The standard InChI is InChI=1S/C15H28N4O/c1-6-7-16-13-11(2)14(19-10-18-13)17-9-12(20)8-15(3,4)5/h10,12,20H,6-9H2,1-5H3,(H2,16,17,18,19). The second kappa shape index (κ2) is 7.43. The summed E-state index contributed by atoms with van der Waals surface area (Å²) in [5.41, 5.74) is 1.11. The SMILES string of the molecule is CCCNc1ncnc(NCC(O)CC(C)(C)C)c1C. The number of aromatic nitrogens is 2. The van der Waals surface area contributed by atoms with E-state index in [-0.39, 0.29) is 11.5 Å². The van der Waals surface area contributed by atoms with E-state index < -0.39 is 0 Å². The molecule has 1 heterocycles. The molecule has 0 radical (unpaired) electrons. The molecule has 0 aliphatic carbocycles. The van der Waals surface area contributed by atoms with Gasteiger partial charge in [-0.2, -0.15) is 0 Å². The fraction of sp³-hybridized carbons (Fsp3) is 0.733. The van der Waals surface area contributed by atoms with Crippen LogP contribution in [-0.4, -0.2) is 34.3 Å². The summed E-state index contributed by atoms with van der Waals surface area (Å²) in [6.45, 7) is 11.9. The Morgan fingerprint density at radius 2 is 1.80 bits per heavy atom. The van der Waals surface area contributed by atoms with Crippen molar-refractivity contribution >= 4 is 11.6 Å². The highest BCUT2D eigenvalue weighted by Crippen LogP contribution is 2.22. The van der Waals surface area contributed by atoms with E-state index >= 15 is 0 Å². The molecule has 1 aromatic heterocycles. The molecule has 1 unspecified atom stereocenters. The Morgan fingerprint density at radius 3 is 2.35 bits per heavy atom. The number of hydrogen-bond acceptors (Lipinski definition) is 5. The quantitative estimate of drug-likeness (QED) is 0.716. The zero-order chi connectivity index (χ0) is 15.2. The summed E-state index contributed by atoms with van der Waals surface area (Å²) < 4.78 is 0. The van der Waals surface area contributed by atoms with Gasteiger partial charge in [-0.15, -0.1) is 0 Å². The number of aliphatic hydroxyl groups excluding tert-OH is 1. The average Bonchev–Trinajstić information content (AvgIpc) is 2.34. The summed E-state index contributed by atoms with van der Waals surface area (Å²) >= 11 is 0. The summed E-state index contributed by atoms with van der Waals surface area (Å²) in [7, 11) is 0. The molecule has 5 nitrogen and oxygen atoms in total. The molecule has 1 aromatic rings. The summed E-state index contributed by atoms with van der Waals surface area (Å²) in [5, 5.41) is 16.5. The Kier molecular flexibility index (Phi) is 6.20. The molecule has 0 bridgehead atoms. The second-order valence-corrected chi connectivity index (χ2v) is 6.42. The van der Waals surface area contributed by atoms with Crippen LogP contribution in [0.25, 0.3) is 0 Å². The lowest BCUT2D eigenvalue weighted by Crippen LogP contribution is -2.25. The predicted octanol–water partition coefficient (Wildman–Crippen LogP) is 2.82. The molecule has 1 atom stereocenters. The Labute approximate surface area is 122 Å². The van der Waals surface area contributed by atoms with Gasteiger partial charge in [0, 0.05) is 18.7 Å². The minimum Gasteiger partial charge on any atom is -0.391 e. The average molecular weight is 280 g/mol. The number of rotatable bonds is 7. The Hall–Kier alpha value is -1.36. The number of anilines is 2. The van der Waals surface area contributed by atoms with Crippen molar-refractivity contribution in [2.75, 3.05) is 23.7 Å². The van der Waals surface area contributed by atoms with Gasteiger partial charge in [0.15, 0.2) is 0 Å². The van der Waals surface area contributed by atoms with Crippen molar-refractivity contribution in [3.05, 3.63) is 11.9 Å². The van der Waals surface area contributed by atoms with Crippen LogP contribution in [0.4, 0.5) is 11.6 Å². The highest BCUT2D eigenvalue weighted by atomic mass is 16.3. The Morgan fingerprint density at radius 1 is 1.20 bits per heavy atom. The van der Waals surface area contributed by atoms with Crippen molar-refractivity contribution in [2.24, 2.45) is 5.41 Å². The summed E-state index contributed by atoms with van der Waals surface area (Å²) in [5.74, 6) is 1.64. The molecule has 5 heteroatoms. The van der Waals surface area contributed by atoms with Gasteiger partial charge in [0.25, 0.3) is 0 Å². The van der Waals surface area contributed by atoms with E-state index in [4.69, 9.17) is 0 Å². The van der Waals surface area contributed by atoms with Crippen LogP contribution >= 0.6 is 0 Å². The zero-order valence-corrected chi connectivity index (χ0v) is 13.3. The van der Waals surface area contributed by atoms with E-state index in [0.29, 0.717) is 6.54 Å². The predicted molar refractivity (Wildman–Crippen MR) is 84.1 cm³/mol. The lowest BCUT2D eigenvalue weighted by molar-refractivity contribution is 0.132. The molecule has 0 fully saturated rings. The lowest BCUT2D eigenvalue weighted by Gasteiger charge is -2.23. The molecule has 0 spiro atoms. The number of nitrogens with one attached hydrogen (secondary N) is 2. The van der Waals surface area contributed by atoms with Crippen molar-refractivity contribution < 1.29 is 5.11 Å². The minimum absolute atomic E-state index is 0.121. The highest BCUT2D eigenvalue weighted by molar-refractivity contribution is 5.56. The maximum Gasteiger partial charge on any atom is 0.134 e. The molecule has 0 aliphatic rings. The van der Waals surface area contributed by atoms with Crippen molar-refractivity contribution in [1.29, 1.82) is 0 Å². The van der Waals surface area contributed by atoms with Crippen LogP contribution in [0.15, 0.2) is 6.33 Å². The molecule has 0 aliphatic heterocycles. The first-order chi connectivity index (χ1) is 9.33. The van der Waals surface area contributed by atoms with Crippen LogP contribution < -0.4 is 10.6 Å². The highest BCUT2D eigenvalue weighted by Gasteiger charge is 2.17. The van der Waals surface area contributed by atoms with Crippen LogP contribution in [0, 0.1) is 12.3 Å². The molecular formula is C15H28N4O. The smallest absolute Gasteiger partial charge is 0.134 e. The van der Waals surface area contributed by atoms with Gasteiger partial charge in [0.1, 0.15) is 18.0 Å². The van der Waals surface area contributed by atoms with Crippen LogP contribution in [0.5, 0.6) is 0 Å². The molecule has 1 rings (SSSR count). The third-order valence-corrected chi connectivity index (χ3v) is 2.98. The molecule has 0 aromatic carbocycles. The first-order valence-electron chi connectivity index (χ1n) is 7.31. The zero-order valence-electron chi connectivity index (χ0n) is 13.3. The monoisotopic (exact) mass is 280 g/mol. The maximum atomic E-state index is 10.0.